The van der Waals surface area contributed by atoms with E-state index in [4.69, 9.17) is 10.2 Å². The standard InChI is InChI=1S/C13H13F3N2O/c14-13(15,16)10-5-3-9(4-6-10)11-8-18-12(19-11)2-1-7-17/h3-6,8H,1-2,7,17H2. The smallest absolute Gasteiger partial charge is 0.416 e. The van der Waals surface area contributed by atoms with Gasteiger partial charge in [0.1, 0.15) is 0 Å². The molecule has 19 heavy (non-hydrogen) atoms. The molecule has 102 valence electrons. The summed E-state index contributed by atoms with van der Waals surface area (Å²) < 4.78 is 42.7. The molecule has 0 saturated carbocycles. The Balaban J connectivity index is 2.16. The Bertz CT molecular complexity index is 532. The van der Waals surface area contributed by atoms with E-state index >= 15 is 0 Å². The first kappa shape index (κ1) is 13.6. The molecular formula is C13H13F3N2O. The minimum Gasteiger partial charge on any atom is -0.441 e. The zero-order valence-electron chi connectivity index (χ0n) is 10.1. The summed E-state index contributed by atoms with van der Waals surface area (Å²) in [5.41, 5.74) is 5.26. The Kier molecular flexibility index (Phi) is 3.90. The van der Waals surface area contributed by atoms with Crippen LogP contribution in [0.5, 0.6) is 0 Å². The number of halogens is 3. The van der Waals surface area contributed by atoms with Crippen LogP contribution in [0.25, 0.3) is 11.3 Å². The van der Waals surface area contributed by atoms with E-state index in [-0.39, 0.29) is 0 Å². The average molecular weight is 270 g/mol. The van der Waals surface area contributed by atoms with Crippen molar-refractivity contribution in [2.45, 2.75) is 19.0 Å². The van der Waals surface area contributed by atoms with Gasteiger partial charge in [0.15, 0.2) is 11.7 Å². The Morgan fingerprint density at radius 2 is 1.84 bits per heavy atom. The van der Waals surface area contributed by atoms with Crippen LogP contribution in [0.1, 0.15) is 17.9 Å². The number of hydrogen-bond donors (Lipinski definition) is 1. The molecule has 1 heterocycles. The van der Waals surface area contributed by atoms with Gasteiger partial charge in [0, 0.05) is 12.0 Å². The number of alkyl halides is 3. The van der Waals surface area contributed by atoms with E-state index in [1.54, 1.807) is 0 Å². The maximum atomic E-state index is 12.4. The quantitative estimate of drug-likeness (QED) is 0.927. The van der Waals surface area contributed by atoms with Crippen molar-refractivity contribution >= 4 is 0 Å². The largest absolute Gasteiger partial charge is 0.441 e. The summed E-state index contributed by atoms with van der Waals surface area (Å²) >= 11 is 0. The van der Waals surface area contributed by atoms with Crippen molar-refractivity contribution in [1.29, 1.82) is 0 Å². The Morgan fingerprint density at radius 1 is 1.16 bits per heavy atom. The fraction of sp³-hybridized carbons (Fsp3) is 0.308. The first-order valence-corrected chi connectivity index (χ1v) is 5.83. The summed E-state index contributed by atoms with van der Waals surface area (Å²) in [6.45, 7) is 0.540. The van der Waals surface area contributed by atoms with Crippen LogP contribution in [-0.4, -0.2) is 11.5 Å². The lowest BCUT2D eigenvalue weighted by Crippen LogP contribution is -2.03. The lowest BCUT2D eigenvalue weighted by Gasteiger charge is -2.06. The fourth-order valence-electron chi connectivity index (χ4n) is 1.64. The van der Waals surface area contributed by atoms with Gasteiger partial charge in [-0.1, -0.05) is 12.1 Å². The normalized spacial score (nSPS) is 11.8. The highest BCUT2D eigenvalue weighted by Crippen LogP contribution is 2.31. The van der Waals surface area contributed by atoms with Gasteiger partial charge in [0.25, 0.3) is 0 Å². The minimum absolute atomic E-state index is 0.459. The second-order valence-corrected chi connectivity index (χ2v) is 4.09. The Morgan fingerprint density at radius 3 is 2.42 bits per heavy atom. The zero-order chi connectivity index (χ0) is 13.9. The number of nitrogens with two attached hydrogens (primary N) is 1. The van der Waals surface area contributed by atoms with Crippen LogP contribution in [0.2, 0.25) is 0 Å². The van der Waals surface area contributed by atoms with Gasteiger partial charge in [-0.05, 0) is 25.1 Å². The summed E-state index contributed by atoms with van der Waals surface area (Å²) in [4.78, 5) is 4.06. The summed E-state index contributed by atoms with van der Waals surface area (Å²) in [6, 6.07) is 4.79. The molecule has 0 aliphatic heterocycles. The molecule has 0 spiro atoms. The molecule has 2 rings (SSSR count). The van der Waals surface area contributed by atoms with E-state index in [1.165, 1.54) is 18.3 Å². The second kappa shape index (κ2) is 5.44. The van der Waals surface area contributed by atoms with E-state index in [1.807, 2.05) is 0 Å². The lowest BCUT2D eigenvalue weighted by atomic mass is 10.1. The van der Waals surface area contributed by atoms with E-state index in [0.717, 1.165) is 18.6 Å². The van der Waals surface area contributed by atoms with Crippen LogP contribution in [0.3, 0.4) is 0 Å². The topological polar surface area (TPSA) is 52.0 Å². The van der Waals surface area contributed by atoms with Crippen molar-refractivity contribution in [3.8, 4) is 11.3 Å². The third kappa shape index (κ3) is 3.35. The Hall–Kier alpha value is -1.82. The zero-order valence-corrected chi connectivity index (χ0v) is 10.1. The van der Waals surface area contributed by atoms with Crippen LogP contribution < -0.4 is 5.73 Å². The van der Waals surface area contributed by atoms with Gasteiger partial charge in [0.05, 0.1) is 11.8 Å². The van der Waals surface area contributed by atoms with Crippen molar-refractivity contribution < 1.29 is 17.6 Å². The van der Waals surface area contributed by atoms with Gasteiger partial charge in [-0.3, -0.25) is 0 Å². The molecule has 0 fully saturated rings. The molecule has 0 radical (unpaired) electrons. The Labute approximate surface area is 108 Å². The molecule has 0 aliphatic rings. The summed E-state index contributed by atoms with van der Waals surface area (Å²) in [5, 5.41) is 0. The second-order valence-electron chi connectivity index (χ2n) is 4.09. The first-order valence-electron chi connectivity index (χ1n) is 5.83. The molecule has 0 bridgehead atoms. The number of rotatable bonds is 4. The molecule has 1 aromatic carbocycles. The van der Waals surface area contributed by atoms with Gasteiger partial charge >= 0.3 is 6.18 Å². The number of hydrogen-bond acceptors (Lipinski definition) is 3. The molecule has 0 aliphatic carbocycles. The van der Waals surface area contributed by atoms with E-state index < -0.39 is 11.7 Å². The predicted molar refractivity (Wildman–Crippen MR) is 64.3 cm³/mol. The molecule has 2 aromatic rings. The monoisotopic (exact) mass is 270 g/mol. The van der Waals surface area contributed by atoms with Gasteiger partial charge in [0.2, 0.25) is 0 Å². The van der Waals surface area contributed by atoms with Gasteiger partial charge in [-0.15, -0.1) is 0 Å². The molecule has 0 amide bonds. The first-order chi connectivity index (χ1) is 9.00. The van der Waals surface area contributed by atoms with Crippen molar-refractivity contribution in [1.82, 2.24) is 4.98 Å². The number of benzene rings is 1. The molecule has 0 unspecified atom stereocenters. The SMILES string of the molecule is NCCCc1ncc(-c2ccc(C(F)(F)F)cc2)o1. The van der Waals surface area contributed by atoms with Crippen LogP contribution >= 0.6 is 0 Å². The number of oxazole rings is 1. The van der Waals surface area contributed by atoms with Crippen LogP contribution in [0, 0.1) is 0 Å². The molecule has 2 N–H and O–H groups in total. The van der Waals surface area contributed by atoms with Crippen molar-refractivity contribution in [3.63, 3.8) is 0 Å². The van der Waals surface area contributed by atoms with Crippen LogP contribution in [0.4, 0.5) is 13.2 Å². The van der Waals surface area contributed by atoms with Crippen molar-refractivity contribution in [2.75, 3.05) is 6.54 Å². The molecular weight excluding hydrogens is 257 g/mol. The van der Waals surface area contributed by atoms with E-state index in [9.17, 15) is 13.2 Å². The van der Waals surface area contributed by atoms with E-state index in [2.05, 4.69) is 4.98 Å². The molecule has 1 aromatic heterocycles. The van der Waals surface area contributed by atoms with Crippen LogP contribution in [0.15, 0.2) is 34.9 Å². The fourth-order valence-corrected chi connectivity index (χ4v) is 1.64. The minimum atomic E-state index is -4.33. The number of aromatic nitrogens is 1. The van der Waals surface area contributed by atoms with Crippen LogP contribution in [-0.2, 0) is 12.6 Å². The molecule has 6 heteroatoms. The summed E-state index contributed by atoms with van der Waals surface area (Å²) in [7, 11) is 0. The van der Waals surface area contributed by atoms with Gasteiger partial charge in [-0.25, -0.2) is 4.98 Å². The maximum Gasteiger partial charge on any atom is 0.416 e. The van der Waals surface area contributed by atoms with Crippen molar-refractivity contribution in [2.24, 2.45) is 5.73 Å². The van der Waals surface area contributed by atoms with Gasteiger partial charge < -0.3 is 10.2 Å². The third-order valence-electron chi connectivity index (χ3n) is 2.65. The summed E-state index contributed by atoms with van der Waals surface area (Å²) in [5.74, 6) is 1.00. The highest BCUT2D eigenvalue weighted by molar-refractivity contribution is 5.56. The number of nitrogens with zero attached hydrogens (tertiary/aromatic N) is 1. The average Bonchev–Trinajstić information content (AvgIpc) is 2.84. The van der Waals surface area contributed by atoms with E-state index in [0.29, 0.717) is 30.2 Å². The maximum absolute atomic E-state index is 12.4. The third-order valence-corrected chi connectivity index (χ3v) is 2.65. The predicted octanol–water partition coefficient (Wildman–Crippen LogP) is 3.25. The lowest BCUT2D eigenvalue weighted by molar-refractivity contribution is -0.137. The molecule has 3 nitrogen and oxygen atoms in total. The highest BCUT2D eigenvalue weighted by Gasteiger charge is 2.30. The molecule has 0 atom stereocenters. The van der Waals surface area contributed by atoms with Gasteiger partial charge in [-0.2, -0.15) is 13.2 Å². The number of aryl methyl sites for hydroxylation is 1. The highest BCUT2D eigenvalue weighted by atomic mass is 19.4. The summed E-state index contributed by atoms with van der Waals surface area (Å²) in [6.07, 6.45) is -1.44. The van der Waals surface area contributed by atoms with Crippen molar-refractivity contribution in [3.05, 3.63) is 41.9 Å². The molecule has 0 saturated heterocycles.